The zero-order valence-corrected chi connectivity index (χ0v) is 23.6. The van der Waals surface area contributed by atoms with Gasteiger partial charge in [0, 0.05) is 36.9 Å². The number of hydrogen-bond acceptors (Lipinski definition) is 5. The molecule has 3 aromatic heterocycles. The number of nitrogens with one attached hydrogen (secondary N) is 1. The van der Waals surface area contributed by atoms with E-state index >= 15 is 4.39 Å². The van der Waals surface area contributed by atoms with E-state index in [0.29, 0.717) is 39.2 Å². The van der Waals surface area contributed by atoms with Crippen LogP contribution in [0.1, 0.15) is 48.2 Å². The van der Waals surface area contributed by atoms with Gasteiger partial charge in [-0.05, 0) is 69.0 Å². The first-order valence-electron chi connectivity index (χ1n) is 13.1. The van der Waals surface area contributed by atoms with E-state index in [1.54, 1.807) is 60.7 Å². The summed E-state index contributed by atoms with van der Waals surface area (Å²) in [7, 11) is 1.74. The molecule has 0 fully saturated rings. The molecule has 0 spiro atoms. The lowest BCUT2D eigenvalue weighted by Gasteiger charge is -2.27. The van der Waals surface area contributed by atoms with Gasteiger partial charge in [-0.2, -0.15) is 10.2 Å². The number of aryl methyl sites for hydroxylation is 3. The SMILES string of the molecule is Cc1cc(-n2nc3c(c2-n2ccn(-c4ccc5c(cnn5C)c4F)c2=O)[C@H](C)NC2=C3N=CCC2)cc(C)c1F.Cl. The Morgan fingerprint density at radius 2 is 1.78 bits per heavy atom. The summed E-state index contributed by atoms with van der Waals surface area (Å²) in [4.78, 5) is 18.6. The van der Waals surface area contributed by atoms with Crippen molar-refractivity contribution < 1.29 is 8.78 Å². The molecule has 210 valence electrons. The molecule has 2 aromatic carbocycles. The highest BCUT2D eigenvalue weighted by Crippen LogP contribution is 2.39. The van der Waals surface area contributed by atoms with Gasteiger partial charge in [0.05, 0.1) is 34.5 Å². The first-order chi connectivity index (χ1) is 19.2. The predicted molar refractivity (Wildman–Crippen MR) is 156 cm³/mol. The average Bonchev–Trinajstić information content (AvgIpc) is 3.63. The Bertz CT molecular complexity index is 1970. The molecule has 0 aliphatic carbocycles. The summed E-state index contributed by atoms with van der Waals surface area (Å²) in [6.45, 7) is 5.41. The Labute approximate surface area is 239 Å². The molecule has 0 bridgehead atoms. The lowest BCUT2D eigenvalue weighted by Crippen LogP contribution is -2.29. The van der Waals surface area contributed by atoms with Crippen molar-refractivity contribution in [2.75, 3.05) is 0 Å². The summed E-state index contributed by atoms with van der Waals surface area (Å²) in [6, 6.07) is 6.54. The van der Waals surface area contributed by atoms with E-state index in [0.717, 1.165) is 29.8 Å². The van der Waals surface area contributed by atoms with Crippen LogP contribution in [0.25, 0.3) is 33.8 Å². The zero-order chi connectivity index (χ0) is 27.9. The van der Waals surface area contributed by atoms with Crippen molar-refractivity contribution >= 4 is 35.2 Å². The van der Waals surface area contributed by atoms with E-state index < -0.39 is 11.5 Å². The van der Waals surface area contributed by atoms with E-state index in [1.807, 2.05) is 13.1 Å². The van der Waals surface area contributed by atoms with Crippen LogP contribution < -0.4 is 11.0 Å². The van der Waals surface area contributed by atoms with Crippen molar-refractivity contribution in [3.05, 3.63) is 93.1 Å². The molecule has 0 amide bonds. The van der Waals surface area contributed by atoms with E-state index in [9.17, 15) is 9.18 Å². The molecular formula is C29H27ClF2N8O. The fraction of sp³-hybridized carbons (Fsp3) is 0.241. The molecule has 0 saturated heterocycles. The van der Waals surface area contributed by atoms with E-state index in [-0.39, 0.29) is 30.0 Å². The molecule has 12 heteroatoms. The van der Waals surface area contributed by atoms with Gasteiger partial charge in [-0.25, -0.2) is 18.3 Å². The Kier molecular flexibility index (Phi) is 6.22. The van der Waals surface area contributed by atoms with Crippen molar-refractivity contribution in [1.82, 2.24) is 34.0 Å². The van der Waals surface area contributed by atoms with E-state index in [4.69, 9.17) is 5.10 Å². The third-order valence-corrected chi connectivity index (χ3v) is 7.75. The minimum absolute atomic E-state index is 0. The van der Waals surface area contributed by atoms with Crippen LogP contribution in [-0.2, 0) is 7.05 Å². The van der Waals surface area contributed by atoms with Gasteiger partial charge < -0.3 is 5.32 Å². The molecule has 2 aliphatic rings. The van der Waals surface area contributed by atoms with Gasteiger partial charge in [-0.15, -0.1) is 12.4 Å². The number of benzene rings is 2. The number of nitrogens with zero attached hydrogens (tertiary/aromatic N) is 7. The highest BCUT2D eigenvalue weighted by atomic mass is 35.5. The van der Waals surface area contributed by atoms with Gasteiger partial charge in [0.15, 0.2) is 11.6 Å². The first kappa shape index (κ1) is 26.7. The minimum atomic E-state index is -0.535. The lowest BCUT2D eigenvalue weighted by atomic mass is 9.97. The molecule has 0 saturated carbocycles. The maximum absolute atomic E-state index is 15.6. The van der Waals surface area contributed by atoms with Gasteiger partial charge in [-0.3, -0.25) is 18.8 Å². The molecule has 5 heterocycles. The van der Waals surface area contributed by atoms with Gasteiger partial charge in [0.1, 0.15) is 17.2 Å². The van der Waals surface area contributed by atoms with Crippen molar-refractivity contribution in [3.8, 4) is 17.2 Å². The molecule has 1 atom stereocenters. The second kappa shape index (κ2) is 9.55. The minimum Gasteiger partial charge on any atom is -0.380 e. The molecule has 1 N–H and O–H groups in total. The number of imidazole rings is 1. The van der Waals surface area contributed by atoms with Gasteiger partial charge in [0.25, 0.3) is 0 Å². The highest BCUT2D eigenvalue weighted by Gasteiger charge is 2.34. The molecule has 7 rings (SSSR count). The molecule has 0 unspecified atom stereocenters. The van der Waals surface area contributed by atoms with Crippen LogP contribution in [0.2, 0.25) is 0 Å². The van der Waals surface area contributed by atoms with Crippen LogP contribution in [0.5, 0.6) is 0 Å². The van der Waals surface area contributed by atoms with Gasteiger partial charge in [0.2, 0.25) is 0 Å². The molecule has 41 heavy (non-hydrogen) atoms. The summed E-state index contributed by atoms with van der Waals surface area (Å²) in [5.74, 6) is -0.338. The molecule has 9 nitrogen and oxygen atoms in total. The number of aromatic nitrogens is 6. The van der Waals surface area contributed by atoms with E-state index in [1.165, 1.54) is 21.5 Å². The summed E-state index contributed by atoms with van der Waals surface area (Å²) < 4.78 is 36.2. The number of allylic oxidation sites excluding steroid dienone is 1. The van der Waals surface area contributed by atoms with Gasteiger partial charge >= 0.3 is 5.69 Å². The van der Waals surface area contributed by atoms with Crippen LogP contribution in [0.3, 0.4) is 0 Å². The number of fused-ring (bicyclic) bond motifs is 3. The maximum atomic E-state index is 15.6. The quantitative estimate of drug-likeness (QED) is 0.319. The van der Waals surface area contributed by atoms with Crippen molar-refractivity contribution in [1.29, 1.82) is 0 Å². The molecule has 5 aromatic rings. The van der Waals surface area contributed by atoms with Crippen molar-refractivity contribution in [3.63, 3.8) is 0 Å². The van der Waals surface area contributed by atoms with Crippen LogP contribution >= 0.6 is 12.4 Å². The summed E-state index contributed by atoms with van der Waals surface area (Å²) in [5.41, 5.74) is 4.98. The third kappa shape index (κ3) is 3.86. The second-order valence-electron chi connectivity index (χ2n) is 10.4. The first-order valence-corrected chi connectivity index (χ1v) is 13.1. The van der Waals surface area contributed by atoms with Crippen LogP contribution in [-0.4, -0.2) is 34.9 Å². The predicted octanol–water partition coefficient (Wildman–Crippen LogP) is 5.21. The molecular weight excluding hydrogens is 550 g/mol. The molecule has 0 radical (unpaired) electrons. The largest absolute Gasteiger partial charge is 0.380 e. The maximum Gasteiger partial charge on any atom is 0.338 e. The Morgan fingerprint density at radius 3 is 2.54 bits per heavy atom. The van der Waals surface area contributed by atoms with Crippen molar-refractivity contribution in [2.45, 2.75) is 39.7 Å². The number of aliphatic imine (C=N–C) groups is 1. The Hall–Kier alpha value is -4.51. The Morgan fingerprint density at radius 1 is 1.05 bits per heavy atom. The normalized spacial score (nSPS) is 16.0. The number of rotatable bonds is 3. The summed E-state index contributed by atoms with van der Waals surface area (Å²) >= 11 is 0. The smallest absolute Gasteiger partial charge is 0.338 e. The fourth-order valence-electron chi connectivity index (χ4n) is 5.78. The average molecular weight is 577 g/mol. The number of halogens is 3. The molecule has 2 aliphatic heterocycles. The lowest BCUT2D eigenvalue weighted by molar-refractivity contribution is 0.607. The topological polar surface area (TPSA) is 87.0 Å². The standard InChI is InChI=1S/C29H26F2N8O.ClH/c1-15-12-18(13-16(2)24(15)30)39-28(23-17(3)34-20-6-5-9-32-26(20)27(23)35-39)38-11-10-37(29(38)40)22-8-7-21-19(25(22)31)14-33-36(21)4;/h7-14,17,34H,5-6H2,1-4H3;1H/t17-;/m0./s1. The van der Waals surface area contributed by atoms with Crippen LogP contribution in [0.15, 0.2) is 58.3 Å². The number of hydrogen-bond donors (Lipinski definition) is 1. The summed E-state index contributed by atoms with van der Waals surface area (Å²) in [6.07, 6.45) is 8.10. The Balaban J connectivity index is 0.00000302. The van der Waals surface area contributed by atoms with Crippen molar-refractivity contribution in [2.24, 2.45) is 12.0 Å². The van der Waals surface area contributed by atoms with Crippen LogP contribution in [0.4, 0.5) is 8.78 Å². The van der Waals surface area contributed by atoms with Gasteiger partial charge in [-0.1, -0.05) is 0 Å². The summed E-state index contributed by atoms with van der Waals surface area (Å²) in [5, 5.41) is 13.0. The zero-order valence-electron chi connectivity index (χ0n) is 22.8. The second-order valence-corrected chi connectivity index (χ2v) is 10.4. The van der Waals surface area contributed by atoms with Crippen LogP contribution in [0, 0.1) is 25.5 Å². The monoisotopic (exact) mass is 576 g/mol. The van der Waals surface area contributed by atoms with E-state index in [2.05, 4.69) is 15.4 Å². The highest BCUT2D eigenvalue weighted by molar-refractivity contribution is 5.85. The third-order valence-electron chi connectivity index (χ3n) is 7.75. The fourth-order valence-corrected chi connectivity index (χ4v) is 5.78.